The second-order valence-electron chi connectivity index (χ2n) is 7.19. The molecule has 1 aromatic heterocycles. The third-order valence-electron chi connectivity index (χ3n) is 5.10. The average molecular weight is 528 g/mol. The van der Waals surface area contributed by atoms with Crippen molar-refractivity contribution in [3.05, 3.63) is 74.7 Å². The number of fused-ring (bicyclic) bond motifs is 1. The van der Waals surface area contributed by atoms with Crippen LogP contribution in [0.3, 0.4) is 0 Å². The molecule has 152 valence electrons. The summed E-state index contributed by atoms with van der Waals surface area (Å²) >= 11 is 6.77. The van der Waals surface area contributed by atoms with Crippen molar-refractivity contribution in [2.75, 3.05) is 0 Å². The molecule has 0 saturated heterocycles. The van der Waals surface area contributed by atoms with Crippen LogP contribution in [-0.4, -0.2) is 16.3 Å². The van der Waals surface area contributed by atoms with Crippen LogP contribution in [0.1, 0.15) is 37.3 Å². The minimum atomic E-state index is 0.147. The molecule has 1 atom stereocenters. The molecule has 1 heterocycles. The fourth-order valence-electron chi connectivity index (χ4n) is 3.16. The van der Waals surface area contributed by atoms with E-state index in [0.717, 1.165) is 33.2 Å². The van der Waals surface area contributed by atoms with Crippen molar-refractivity contribution in [1.29, 1.82) is 0 Å². The third-order valence-corrected chi connectivity index (χ3v) is 6.16. The van der Waals surface area contributed by atoms with Crippen molar-refractivity contribution in [2.24, 2.45) is 4.99 Å². The first kappa shape index (κ1) is 20.8. The first-order valence-electron chi connectivity index (χ1n) is 9.67. The molecule has 0 saturated carbocycles. The van der Waals surface area contributed by atoms with Crippen LogP contribution in [0.25, 0.3) is 22.6 Å². The van der Waals surface area contributed by atoms with Crippen LogP contribution in [-0.2, 0) is 0 Å². The number of phenolic OH excluding ortho intramolecular Hbond substituents is 1. The molecule has 0 unspecified atom stereocenters. The van der Waals surface area contributed by atoms with E-state index in [9.17, 15) is 5.11 Å². The van der Waals surface area contributed by atoms with E-state index in [-0.39, 0.29) is 5.75 Å². The lowest BCUT2D eigenvalue weighted by Gasteiger charge is -2.07. The minimum absolute atomic E-state index is 0.147. The number of oxazole rings is 1. The maximum absolute atomic E-state index is 10.2. The summed E-state index contributed by atoms with van der Waals surface area (Å²) in [4.78, 5) is 9.20. The van der Waals surface area contributed by atoms with E-state index in [1.807, 2.05) is 36.4 Å². The van der Waals surface area contributed by atoms with Crippen LogP contribution < -0.4 is 0 Å². The number of aliphatic imine (C=N–C) groups is 1. The topological polar surface area (TPSA) is 58.6 Å². The summed E-state index contributed by atoms with van der Waals surface area (Å²) < 4.78 is 7.43. The van der Waals surface area contributed by atoms with Gasteiger partial charge in [-0.25, -0.2) is 4.98 Å². The molecule has 0 bridgehead atoms. The SMILES string of the molecule is CC[C@H](C)c1ccc2oc(-c3cccc(N=Cc4cc(Br)cc(Br)c4O)c3)nc2c1. The number of aromatic hydroxyl groups is 1. The number of phenols is 1. The molecule has 0 aliphatic heterocycles. The van der Waals surface area contributed by atoms with Crippen LogP contribution in [0, 0.1) is 0 Å². The van der Waals surface area contributed by atoms with Crippen molar-refractivity contribution in [3.63, 3.8) is 0 Å². The largest absolute Gasteiger partial charge is 0.506 e. The summed E-state index contributed by atoms with van der Waals surface area (Å²) in [7, 11) is 0. The summed E-state index contributed by atoms with van der Waals surface area (Å²) in [5, 5.41) is 10.2. The minimum Gasteiger partial charge on any atom is -0.506 e. The molecule has 1 N–H and O–H groups in total. The lowest BCUT2D eigenvalue weighted by molar-refractivity contribution is 0.471. The Hall–Kier alpha value is -2.44. The molecule has 4 nitrogen and oxygen atoms in total. The van der Waals surface area contributed by atoms with Gasteiger partial charge in [0, 0.05) is 21.8 Å². The number of nitrogens with zero attached hydrogens (tertiary/aromatic N) is 2. The lowest BCUT2D eigenvalue weighted by atomic mass is 9.98. The summed E-state index contributed by atoms with van der Waals surface area (Å²) in [5.41, 5.74) is 5.11. The highest BCUT2D eigenvalue weighted by molar-refractivity contribution is 9.11. The maximum atomic E-state index is 10.2. The zero-order chi connectivity index (χ0) is 21.3. The summed E-state index contributed by atoms with van der Waals surface area (Å²) in [6, 6.07) is 17.5. The number of halogens is 2. The monoisotopic (exact) mass is 526 g/mol. The van der Waals surface area contributed by atoms with E-state index in [4.69, 9.17) is 4.42 Å². The second-order valence-corrected chi connectivity index (χ2v) is 8.96. The quantitative estimate of drug-likeness (QED) is 0.267. The Morgan fingerprint density at radius 2 is 1.97 bits per heavy atom. The first-order valence-corrected chi connectivity index (χ1v) is 11.3. The standard InChI is InChI=1S/C24H20Br2N2O2/c1-3-14(2)15-7-8-22-21(11-15)28-24(30-22)16-5-4-6-19(10-16)27-13-17-9-18(25)12-20(26)23(17)29/h4-14,29H,3H2,1-2H3/t14-/m0/s1. The van der Waals surface area contributed by atoms with Gasteiger partial charge in [0.25, 0.3) is 0 Å². The molecular formula is C24H20Br2N2O2. The molecule has 3 aromatic carbocycles. The summed E-state index contributed by atoms with van der Waals surface area (Å²) in [6.45, 7) is 4.40. The molecule has 0 fully saturated rings. The van der Waals surface area contributed by atoms with E-state index >= 15 is 0 Å². The molecular weight excluding hydrogens is 508 g/mol. The lowest BCUT2D eigenvalue weighted by Crippen LogP contribution is -1.90. The van der Waals surface area contributed by atoms with E-state index in [1.165, 1.54) is 5.56 Å². The highest BCUT2D eigenvalue weighted by atomic mass is 79.9. The molecule has 0 aliphatic carbocycles. The van der Waals surface area contributed by atoms with Crippen LogP contribution in [0.15, 0.2) is 73.0 Å². The highest BCUT2D eigenvalue weighted by Gasteiger charge is 2.11. The van der Waals surface area contributed by atoms with Gasteiger partial charge in [-0.2, -0.15) is 0 Å². The second kappa shape index (κ2) is 8.74. The van der Waals surface area contributed by atoms with Gasteiger partial charge in [-0.05, 0) is 76.3 Å². The van der Waals surface area contributed by atoms with Gasteiger partial charge in [0.1, 0.15) is 11.3 Å². The maximum Gasteiger partial charge on any atom is 0.227 e. The van der Waals surface area contributed by atoms with Gasteiger partial charge in [0.15, 0.2) is 5.58 Å². The Kier molecular flexibility index (Phi) is 6.06. The van der Waals surface area contributed by atoms with E-state index in [2.05, 4.69) is 67.8 Å². The Bertz CT molecular complexity index is 1250. The van der Waals surface area contributed by atoms with Crippen LogP contribution in [0.2, 0.25) is 0 Å². The number of hydrogen-bond acceptors (Lipinski definition) is 4. The molecule has 0 amide bonds. The van der Waals surface area contributed by atoms with Gasteiger partial charge in [-0.3, -0.25) is 4.99 Å². The zero-order valence-corrected chi connectivity index (χ0v) is 19.7. The fraction of sp³-hybridized carbons (Fsp3) is 0.167. The molecule has 0 spiro atoms. The molecule has 4 rings (SSSR count). The van der Waals surface area contributed by atoms with E-state index in [0.29, 0.717) is 21.8 Å². The number of aromatic nitrogens is 1. The van der Waals surface area contributed by atoms with Gasteiger partial charge in [-0.15, -0.1) is 0 Å². The third kappa shape index (κ3) is 4.35. The average Bonchev–Trinajstić information content (AvgIpc) is 3.18. The van der Waals surface area contributed by atoms with E-state index < -0.39 is 0 Å². The molecule has 30 heavy (non-hydrogen) atoms. The van der Waals surface area contributed by atoms with Gasteiger partial charge in [0.2, 0.25) is 5.89 Å². The van der Waals surface area contributed by atoms with E-state index in [1.54, 1.807) is 12.3 Å². The summed E-state index contributed by atoms with van der Waals surface area (Å²) in [6.07, 6.45) is 2.72. The van der Waals surface area contributed by atoms with Gasteiger partial charge in [0.05, 0.1) is 10.2 Å². The highest BCUT2D eigenvalue weighted by Crippen LogP contribution is 2.32. The van der Waals surface area contributed by atoms with Gasteiger partial charge < -0.3 is 9.52 Å². The van der Waals surface area contributed by atoms with Crippen molar-refractivity contribution in [3.8, 4) is 17.2 Å². The van der Waals surface area contributed by atoms with Crippen molar-refractivity contribution < 1.29 is 9.52 Å². The Morgan fingerprint density at radius 3 is 2.77 bits per heavy atom. The van der Waals surface area contributed by atoms with Crippen molar-refractivity contribution >= 4 is 54.9 Å². The number of benzene rings is 3. The Labute approximate surface area is 191 Å². The molecule has 0 aliphatic rings. The normalized spacial score (nSPS) is 12.7. The van der Waals surface area contributed by atoms with Crippen molar-refractivity contribution in [1.82, 2.24) is 4.98 Å². The Morgan fingerprint density at radius 1 is 1.13 bits per heavy atom. The number of hydrogen-bond donors (Lipinski definition) is 1. The summed E-state index contributed by atoms with van der Waals surface area (Å²) in [5.74, 6) is 1.20. The first-order chi connectivity index (χ1) is 14.4. The van der Waals surface area contributed by atoms with Crippen LogP contribution >= 0.6 is 31.9 Å². The molecule has 0 radical (unpaired) electrons. The predicted molar refractivity (Wildman–Crippen MR) is 129 cm³/mol. The predicted octanol–water partition coefficient (Wildman–Crippen LogP) is 7.99. The van der Waals surface area contributed by atoms with Gasteiger partial charge >= 0.3 is 0 Å². The Balaban J connectivity index is 1.65. The fourth-order valence-corrected chi connectivity index (χ4v) is 4.42. The van der Waals surface area contributed by atoms with Crippen molar-refractivity contribution in [2.45, 2.75) is 26.2 Å². The van der Waals surface area contributed by atoms with Crippen LogP contribution in [0.5, 0.6) is 5.75 Å². The molecule has 4 aromatic rings. The smallest absolute Gasteiger partial charge is 0.227 e. The van der Waals surface area contributed by atoms with Gasteiger partial charge in [-0.1, -0.05) is 41.9 Å². The number of rotatable bonds is 5. The van der Waals surface area contributed by atoms with Crippen LogP contribution in [0.4, 0.5) is 5.69 Å². The molecule has 6 heteroatoms. The zero-order valence-electron chi connectivity index (χ0n) is 16.6.